The van der Waals surface area contributed by atoms with Crippen molar-refractivity contribution in [1.82, 2.24) is 20.2 Å². The van der Waals surface area contributed by atoms with Crippen molar-refractivity contribution < 1.29 is 4.74 Å². The van der Waals surface area contributed by atoms with Crippen LogP contribution in [0.2, 0.25) is 5.02 Å². The monoisotopic (exact) mass is 339 g/mol. The first kappa shape index (κ1) is 14.7. The highest BCUT2D eigenvalue weighted by Crippen LogP contribution is 2.32. The van der Waals surface area contributed by atoms with E-state index in [1.807, 2.05) is 48.5 Å². The molecule has 3 aromatic rings. The van der Waals surface area contributed by atoms with Crippen molar-refractivity contribution >= 4 is 23.2 Å². The fourth-order valence-corrected chi connectivity index (χ4v) is 2.82. The second-order valence-electron chi connectivity index (χ2n) is 5.38. The highest BCUT2D eigenvalue weighted by atomic mass is 35.5. The Labute approximate surface area is 143 Å². The molecular weight excluding hydrogens is 326 g/mol. The number of hydrogen-bond acceptors (Lipinski definition) is 5. The molecular formula is C17H14ClN5O. The third-order valence-corrected chi connectivity index (χ3v) is 4.19. The van der Waals surface area contributed by atoms with Crippen molar-refractivity contribution in [2.45, 2.75) is 6.04 Å². The second kappa shape index (κ2) is 5.98. The summed E-state index contributed by atoms with van der Waals surface area (Å²) >= 11 is 5.98. The maximum absolute atomic E-state index is 5.98. The molecule has 0 saturated heterocycles. The molecule has 24 heavy (non-hydrogen) atoms. The largest absolute Gasteiger partial charge is 0.497 e. The van der Waals surface area contributed by atoms with Crippen LogP contribution in [0.1, 0.15) is 17.2 Å². The van der Waals surface area contributed by atoms with Crippen LogP contribution in [0.3, 0.4) is 0 Å². The number of hydrogen-bond donors (Lipinski definition) is 1. The molecule has 0 unspecified atom stereocenters. The molecule has 0 aliphatic carbocycles. The first-order chi connectivity index (χ1) is 11.7. The second-order valence-corrected chi connectivity index (χ2v) is 5.81. The number of nitrogens with zero attached hydrogens (tertiary/aromatic N) is 4. The standard InChI is InChI=1S/C17H14ClN5O/c1-24-14-8-4-12(5-9-14)16-10-15(11-2-6-13(18)7-3-11)19-17-20-21-22-23(16)17/h2-10,16H,1H3,(H,19,20,22)/t16-/m1/s1. The van der Waals surface area contributed by atoms with Crippen LogP contribution in [0.4, 0.5) is 5.95 Å². The molecule has 0 spiro atoms. The maximum atomic E-state index is 5.98. The highest BCUT2D eigenvalue weighted by Gasteiger charge is 2.24. The molecule has 0 fully saturated rings. The van der Waals surface area contributed by atoms with Crippen molar-refractivity contribution in [2.75, 3.05) is 12.4 Å². The molecule has 1 N–H and O–H groups in total. The molecule has 120 valence electrons. The number of fused-ring (bicyclic) bond motifs is 1. The van der Waals surface area contributed by atoms with Gasteiger partial charge in [-0.15, -0.1) is 0 Å². The van der Waals surface area contributed by atoms with E-state index in [0.29, 0.717) is 11.0 Å². The topological polar surface area (TPSA) is 64.9 Å². The molecule has 1 atom stereocenters. The Kier molecular flexibility index (Phi) is 3.66. The molecule has 1 aliphatic heterocycles. The van der Waals surface area contributed by atoms with Gasteiger partial charge >= 0.3 is 0 Å². The number of ether oxygens (including phenoxy) is 1. The number of tetrazole rings is 1. The third-order valence-electron chi connectivity index (χ3n) is 3.94. The average molecular weight is 340 g/mol. The summed E-state index contributed by atoms with van der Waals surface area (Å²) in [5.74, 6) is 1.41. The fourth-order valence-electron chi connectivity index (χ4n) is 2.69. The summed E-state index contributed by atoms with van der Waals surface area (Å²) in [5.41, 5.74) is 3.03. The summed E-state index contributed by atoms with van der Waals surface area (Å²) in [6, 6.07) is 15.4. The van der Waals surface area contributed by atoms with Gasteiger partial charge in [-0.25, -0.2) is 0 Å². The van der Waals surface area contributed by atoms with Crippen LogP contribution < -0.4 is 10.1 Å². The lowest BCUT2D eigenvalue weighted by Gasteiger charge is -2.23. The first-order valence-corrected chi connectivity index (χ1v) is 7.79. The van der Waals surface area contributed by atoms with Gasteiger partial charge < -0.3 is 10.1 Å². The zero-order chi connectivity index (χ0) is 16.5. The number of halogens is 1. The Morgan fingerprint density at radius 3 is 2.54 bits per heavy atom. The Morgan fingerprint density at radius 2 is 1.83 bits per heavy atom. The normalized spacial score (nSPS) is 16.1. The SMILES string of the molecule is COc1ccc([C@H]2C=C(c3ccc(Cl)cc3)Nc3nnnn32)cc1. The van der Waals surface area contributed by atoms with Gasteiger partial charge in [0.1, 0.15) is 11.8 Å². The zero-order valence-electron chi connectivity index (χ0n) is 12.8. The van der Waals surface area contributed by atoms with Crippen molar-refractivity contribution in [3.05, 3.63) is 70.8 Å². The molecule has 1 aliphatic rings. The average Bonchev–Trinajstić information content (AvgIpc) is 3.10. The lowest BCUT2D eigenvalue weighted by molar-refractivity contribution is 0.414. The van der Waals surface area contributed by atoms with Crippen LogP contribution in [0.5, 0.6) is 5.75 Å². The van der Waals surface area contributed by atoms with Crippen LogP contribution in [0, 0.1) is 0 Å². The summed E-state index contributed by atoms with van der Waals surface area (Å²) in [6.07, 6.45) is 2.09. The van der Waals surface area contributed by atoms with Gasteiger partial charge in [-0.2, -0.15) is 4.68 Å². The van der Waals surface area contributed by atoms with Gasteiger partial charge in [-0.05, 0) is 51.9 Å². The van der Waals surface area contributed by atoms with Gasteiger partial charge in [0.15, 0.2) is 0 Å². The van der Waals surface area contributed by atoms with Gasteiger partial charge in [-0.1, -0.05) is 41.0 Å². The number of nitrogens with one attached hydrogen (secondary N) is 1. The quantitative estimate of drug-likeness (QED) is 0.792. The summed E-state index contributed by atoms with van der Waals surface area (Å²) in [4.78, 5) is 0. The predicted octanol–water partition coefficient (Wildman–Crippen LogP) is 3.39. The molecule has 1 aromatic heterocycles. The van der Waals surface area contributed by atoms with Gasteiger partial charge in [-0.3, -0.25) is 0 Å². The number of aromatic nitrogens is 4. The molecule has 0 saturated carbocycles. The molecule has 2 heterocycles. The Hall–Kier alpha value is -2.86. The molecule has 6 nitrogen and oxygen atoms in total. The van der Waals surface area contributed by atoms with E-state index in [4.69, 9.17) is 16.3 Å². The summed E-state index contributed by atoms with van der Waals surface area (Å²) < 4.78 is 6.98. The molecule has 0 bridgehead atoms. The smallest absolute Gasteiger partial charge is 0.248 e. The Balaban J connectivity index is 1.77. The van der Waals surface area contributed by atoms with E-state index in [1.54, 1.807) is 11.8 Å². The highest BCUT2D eigenvalue weighted by molar-refractivity contribution is 6.30. The predicted molar refractivity (Wildman–Crippen MR) is 92.0 cm³/mol. The number of benzene rings is 2. The van der Waals surface area contributed by atoms with Gasteiger partial charge in [0.2, 0.25) is 5.95 Å². The van der Waals surface area contributed by atoms with Crippen LogP contribution >= 0.6 is 11.6 Å². The van der Waals surface area contributed by atoms with Crippen LogP contribution in [0.15, 0.2) is 54.6 Å². The summed E-state index contributed by atoms with van der Waals surface area (Å²) in [5, 5.41) is 15.9. The molecule has 0 amide bonds. The molecule has 2 aromatic carbocycles. The van der Waals surface area contributed by atoms with Gasteiger partial charge in [0, 0.05) is 10.7 Å². The van der Waals surface area contributed by atoms with Crippen molar-refractivity contribution in [1.29, 1.82) is 0 Å². The molecule has 4 rings (SSSR count). The third kappa shape index (κ3) is 2.61. The van der Waals surface area contributed by atoms with E-state index in [0.717, 1.165) is 22.6 Å². The van der Waals surface area contributed by atoms with Crippen molar-refractivity contribution in [3.63, 3.8) is 0 Å². The fraction of sp³-hybridized carbons (Fsp3) is 0.118. The van der Waals surface area contributed by atoms with Crippen molar-refractivity contribution in [2.24, 2.45) is 0 Å². The Morgan fingerprint density at radius 1 is 1.08 bits per heavy atom. The number of methoxy groups -OCH3 is 1. The number of allylic oxidation sites excluding steroid dienone is 1. The first-order valence-electron chi connectivity index (χ1n) is 7.41. The van der Waals surface area contributed by atoms with E-state index in [9.17, 15) is 0 Å². The van der Waals surface area contributed by atoms with Crippen molar-refractivity contribution in [3.8, 4) is 5.75 Å². The lowest BCUT2D eigenvalue weighted by Crippen LogP contribution is -2.20. The maximum Gasteiger partial charge on any atom is 0.248 e. The lowest BCUT2D eigenvalue weighted by atomic mass is 10.0. The minimum atomic E-state index is -0.104. The Bertz CT molecular complexity index is 886. The number of rotatable bonds is 3. The molecule has 0 radical (unpaired) electrons. The summed E-state index contributed by atoms with van der Waals surface area (Å²) in [7, 11) is 1.65. The minimum absolute atomic E-state index is 0.104. The van der Waals surface area contributed by atoms with E-state index in [1.165, 1.54) is 0 Å². The zero-order valence-corrected chi connectivity index (χ0v) is 13.6. The molecule has 7 heteroatoms. The number of anilines is 1. The van der Waals surface area contributed by atoms with Crippen LogP contribution in [0.25, 0.3) is 5.70 Å². The van der Waals surface area contributed by atoms with Gasteiger partial charge in [0.25, 0.3) is 0 Å². The van der Waals surface area contributed by atoms with E-state index in [-0.39, 0.29) is 6.04 Å². The van der Waals surface area contributed by atoms with Crippen LogP contribution in [-0.2, 0) is 0 Å². The van der Waals surface area contributed by atoms with E-state index < -0.39 is 0 Å². The van der Waals surface area contributed by atoms with E-state index in [2.05, 4.69) is 26.9 Å². The van der Waals surface area contributed by atoms with Crippen LogP contribution in [-0.4, -0.2) is 27.3 Å². The van der Waals surface area contributed by atoms with Gasteiger partial charge in [0.05, 0.1) is 7.11 Å². The summed E-state index contributed by atoms with van der Waals surface area (Å²) in [6.45, 7) is 0. The minimum Gasteiger partial charge on any atom is -0.497 e. The van der Waals surface area contributed by atoms with E-state index >= 15 is 0 Å².